The van der Waals surface area contributed by atoms with E-state index in [0.29, 0.717) is 35.7 Å². The van der Waals surface area contributed by atoms with Gasteiger partial charge in [0.2, 0.25) is 0 Å². The van der Waals surface area contributed by atoms with Crippen LogP contribution in [0.5, 0.6) is 11.5 Å². The first kappa shape index (κ1) is 23.3. The molecule has 1 atom stereocenters. The Kier molecular flexibility index (Phi) is 7.20. The lowest BCUT2D eigenvalue weighted by molar-refractivity contribution is -0.140. The van der Waals surface area contributed by atoms with Gasteiger partial charge in [-0.05, 0) is 45.6 Å². The van der Waals surface area contributed by atoms with Crippen LogP contribution in [0.3, 0.4) is 0 Å². The molecule has 3 rings (SSSR count). The van der Waals surface area contributed by atoms with E-state index in [1.165, 1.54) is 4.90 Å². The van der Waals surface area contributed by atoms with Crippen LogP contribution in [-0.4, -0.2) is 67.0 Å². The van der Waals surface area contributed by atoms with Gasteiger partial charge in [0, 0.05) is 18.7 Å². The molecule has 7 heteroatoms. The molecule has 1 amide bonds. The predicted molar refractivity (Wildman–Crippen MR) is 123 cm³/mol. The number of ether oxygens (including phenoxy) is 2. The standard InChI is InChI=1S/C25H30N2O5/c1-16(2)32-19-12-11-18(15-20(19)31-5)22-21(23(28)17-9-7-6-8-10-17)24(29)25(30)27(22)14-13-26(3)4/h6-12,15-16,22,28H,13-14H2,1-5H3/b23-21-. The molecule has 1 heterocycles. The Morgan fingerprint density at radius 2 is 1.78 bits per heavy atom. The van der Waals surface area contributed by atoms with Gasteiger partial charge in [-0.3, -0.25) is 9.59 Å². The molecule has 1 N–H and O–H groups in total. The zero-order valence-electron chi connectivity index (χ0n) is 19.2. The summed E-state index contributed by atoms with van der Waals surface area (Å²) in [5.41, 5.74) is 1.21. The summed E-state index contributed by atoms with van der Waals surface area (Å²) in [6.07, 6.45) is -0.0430. The molecule has 7 nitrogen and oxygen atoms in total. The summed E-state index contributed by atoms with van der Waals surface area (Å²) in [6.45, 7) is 4.74. The smallest absolute Gasteiger partial charge is 0.295 e. The summed E-state index contributed by atoms with van der Waals surface area (Å²) < 4.78 is 11.3. The molecule has 1 aliphatic rings. The summed E-state index contributed by atoms with van der Waals surface area (Å²) in [7, 11) is 5.34. The van der Waals surface area contributed by atoms with E-state index < -0.39 is 17.7 Å². The number of rotatable bonds is 8. The van der Waals surface area contributed by atoms with Crippen LogP contribution >= 0.6 is 0 Å². The third-order valence-corrected chi connectivity index (χ3v) is 5.24. The number of hydrogen-bond donors (Lipinski definition) is 1. The van der Waals surface area contributed by atoms with Gasteiger partial charge in [0.25, 0.3) is 11.7 Å². The van der Waals surface area contributed by atoms with Crippen molar-refractivity contribution in [1.82, 2.24) is 9.80 Å². The maximum Gasteiger partial charge on any atom is 0.295 e. The number of amides is 1. The molecule has 0 bridgehead atoms. The summed E-state index contributed by atoms with van der Waals surface area (Å²) in [5, 5.41) is 11.0. The largest absolute Gasteiger partial charge is 0.507 e. The molecule has 1 saturated heterocycles. The SMILES string of the molecule is COc1cc(C2/C(=C(/O)c3ccccc3)C(=O)C(=O)N2CCN(C)C)ccc1OC(C)C. The Morgan fingerprint density at radius 3 is 2.38 bits per heavy atom. The summed E-state index contributed by atoms with van der Waals surface area (Å²) in [5.74, 6) is -0.455. The normalized spacial score (nSPS) is 18.0. The highest BCUT2D eigenvalue weighted by molar-refractivity contribution is 6.46. The maximum atomic E-state index is 13.0. The highest BCUT2D eigenvalue weighted by Crippen LogP contribution is 2.42. The van der Waals surface area contributed by atoms with Gasteiger partial charge in [-0.1, -0.05) is 36.4 Å². The second-order valence-corrected chi connectivity index (χ2v) is 8.24. The van der Waals surface area contributed by atoms with E-state index in [-0.39, 0.29) is 17.4 Å². The Morgan fingerprint density at radius 1 is 1.09 bits per heavy atom. The monoisotopic (exact) mass is 438 g/mol. The fraction of sp³-hybridized carbons (Fsp3) is 0.360. The molecule has 1 unspecified atom stereocenters. The minimum absolute atomic E-state index is 0.0430. The van der Waals surface area contributed by atoms with Crippen LogP contribution in [-0.2, 0) is 9.59 Å². The molecule has 2 aromatic rings. The number of benzene rings is 2. The van der Waals surface area contributed by atoms with E-state index in [4.69, 9.17) is 9.47 Å². The zero-order valence-corrected chi connectivity index (χ0v) is 19.2. The first-order valence-corrected chi connectivity index (χ1v) is 10.6. The number of ketones is 1. The van der Waals surface area contributed by atoms with Crippen molar-refractivity contribution in [1.29, 1.82) is 0 Å². The molecule has 32 heavy (non-hydrogen) atoms. The van der Waals surface area contributed by atoms with Gasteiger partial charge in [-0.15, -0.1) is 0 Å². The number of likely N-dealkylation sites (N-methyl/N-ethyl adjacent to an activating group) is 1. The Hall–Kier alpha value is -3.32. The average Bonchev–Trinajstić information content (AvgIpc) is 3.02. The lowest BCUT2D eigenvalue weighted by Gasteiger charge is -2.27. The van der Waals surface area contributed by atoms with Crippen LogP contribution in [0.25, 0.3) is 5.76 Å². The van der Waals surface area contributed by atoms with E-state index in [1.807, 2.05) is 38.9 Å². The van der Waals surface area contributed by atoms with Gasteiger partial charge in [-0.25, -0.2) is 0 Å². The zero-order chi connectivity index (χ0) is 23.4. The molecule has 0 spiro atoms. The number of carbonyl (C=O) groups is 2. The van der Waals surface area contributed by atoms with E-state index in [9.17, 15) is 14.7 Å². The molecule has 170 valence electrons. The summed E-state index contributed by atoms with van der Waals surface area (Å²) in [6, 6.07) is 13.4. The van der Waals surface area contributed by atoms with Crippen LogP contribution in [0.1, 0.15) is 31.0 Å². The van der Waals surface area contributed by atoms with E-state index in [2.05, 4.69) is 0 Å². The van der Waals surface area contributed by atoms with Crippen molar-refractivity contribution in [3.63, 3.8) is 0 Å². The van der Waals surface area contributed by atoms with Gasteiger partial charge in [0.05, 0.1) is 24.8 Å². The first-order chi connectivity index (χ1) is 15.2. The van der Waals surface area contributed by atoms with Gasteiger partial charge in [-0.2, -0.15) is 0 Å². The average molecular weight is 439 g/mol. The molecule has 0 aliphatic carbocycles. The molecule has 2 aromatic carbocycles. The molecule has 0 aromatic heterocycles. The van der Waals surface area contributed by atoms with Crippen molar-refractivity contribution < 1.29 is 24.2 Å². The fourth-order valence-corrected chi connectivity index (χ4v) is 3.72. The minimum atomic E-state index is -0.739. The van der Waals surface area contributed by atoms with Crippen LogP contribution < -0.4 is 9.47 Å². The van der Waals surface area contributed by atoms with Crippen molar-refractivity contribution in [2.24, 2.45) is 0 Å². The van der Waals surface area contributed by atoms with Crippen molar-refractivity contribution in [3.8, 4) is 11.5 Å². The molecule has 0 radical (unpaired) electrons. The van der Waals surface area contributed by atoms with Gasteiger partial charge < -0.3 is 24.4 Å². The number of hydrogen-bond acceptors (Lipinski definition) is 6. The second-order valence-electron chi connectivity index (χ2n) is 8.24. The third kappa shape index (κ3) is 4.78. The number of methoxy groups -OCH3 is 1. The van der Waals surface area contributed by atoms with Gasteiger partial charge in [0.15, 0.2) is 11.5 Å². The number of carbonyl (C=O) groups excluding carboxylic acids is 2. The lowest BCUT2D eigenvalue weighted by atomic mass is 9.95. The maximum absolute atomic E-state index is 13.0. The lowest BCUT2D eigenvalue weighted by Crippen LogP contribution is -2.35. The third-order valence-electron chi connectivity index (χ3n) is 5.24. The number of aliphatic hydroxyl groups excluding tert-OH is 1. The Balaban J connectivity index is 2.15. The number of Topliss-reactive ketones (excluding diaryl/α,β-unsaturated/α-hetero) is 1. The summed E-state index contributed by atoms with van der Waals surface area (Å²) in [4.78, 5) is 29.5. The molecular formula is C25H30N2O5. The first-order valence-electron chi connectivity index (χ1n) is 10.6. The fourth-order valence-electron chi connectivity index (χ4n) is 3.72. The number of likely N-dealkylation sites (tertiary alicyclic amines) is 1. The number of aliphatic hydroxyl groups is 1. The second kappa shape index (κ2) is 9.87. The predicted octanol–water partition coefficient (Wildman–Crippen LogP) is 3.47. The highest BCUT2D eigenvalue weighted by Gasteiger charge is 2.46. The van der Waals surface area contributed by atoms with E-state index in [1.54, 1.807) is 49.6 Å². The molecular weight excluding hydrogens is 408 g/mol. The molecule has 0 saturated carbocycles. The molecule has 1 aliphatic heterocycles. The molecule has 1 fully saturated rings. The Labute approximate surface area is 188 Å². The Bertz CT molecular complexity index is 1010. The van der Waals surface area contributed by atoms with Gasteiger partial charge in [0.1, 0.15) is 5.76 Å². The van der Waals surface area contributed by atoms with Crippen LogP contribution in [0.4, 0.5) is 0 Å². The minimum Gasteiger partial charge on any atom is -0.507 e. The van der Waals surface area contributed by atoms with Crippen LogP contribution in [0.15, 0.2) is 54.1 Å². The van der Waals surface area contributed by atoms with Crippen molar-refractivity contribution in [3.05, 3.63) is 65.2 Å². The quantitative estimate of drug-likeness (QED) is 0.386. The highest BCUT2D eigenvalue weighted by atomic mass is 16.5. The number of nitrogens with zero attached hydrogens (tertiary/aromatic N) is 2. The van der Waals surface area contributed by atoms with Crippen molar-refractivity contribution in [2.75, 3.05) is 34.3 Å². The van der Waals surface area contributed by atoms with E-state index >= 15 is 0 Å². The van der Waals surface area contributed by atoms with Crippen LogP contribution in [0, 0.1) is 0 Å². The van der Waals surface area contributed by atoms with Crippen molar-refractivity contribution >= 4 is 17.4 Å². The topological polar surface area (TPSA) is 79.3 Å². The van der Waals surface area contributed by atoms with Crippen LogP contribution in [0.2, 0.25) is 0 Å². The van der Waals surface area contributed by atoms with E-state index in [0.717, 1.165) is 0 Å². The van der Waals surface area contributed by atoms with Gasteiger partial charge >= 0.3 is 0 Å². The summed E-state index contributed by atoms with van der Waals surface area (Å²) >= 11 is 0. The van der Waals surface area contributed by atoms with Crippen molar-refractivity contribution in [2.45, 2.75) is 26.0 Å².